The number of aromatic hydroxyl groups is 1. The minimum atomic E-state index is -1.30. The topological polar surface area (TPSA) is 88.4 Å². The zero-order valence-electron chi connectivity index (χ0n) is 29.3. The smallest absolute Gasteiger partial charge is 0.186 e. The molecule has 3 atom stereocenters. The Kier molecular flexibility index (Phi) is 10.9. The summed E-state index contributed by atoms with van der Waals surface area (Å²) in [6.07, 6.45) is -3.19. The molecule has 0 spiro atoms. The molecule has 1 heterocycles. The molecule has 3 N–H and O–H groups in total. The highest BCUT2D eigenvalue weighted by Crippen LogP contribution is 2.51. The Morgan fingerprint density at radius 3 is 1.43 bits per heavy atom. The largest absolute Gasteiger partial charge is 0.507 e. The average molecular weight is 649 g/mol. The molecule has 6 nitrogen and oxygen atoms in total. The fraction of sp³-hybridized carbons (Fsp3) is 0.667. The molecule has 0 amide bonds. The maximum absolute atomic E-state index is 11.2. The van der Waals surface area contributed by atoms with Crippen LogP contribution >= 0.6 is 23.5 Å². The molecule has 1 aliphatic heterocycles. The monoisotopic (exact) mass is 648 g/mol. The predicted molar refractivity (Wildman–Crippen MR) is 183 cm³/mol. The van der Waals surface area contributed by atoms with E-state index < -0.39 is 18.5 Å². The minimum Gasteiger partial charge on any atom is -0.507 e. The van der Waals surface area contributed by atoms with Crippen LogP contribution in [0.15, 0.2) is 34.1 Å². The summed E-state index contributed by atoms with van der Waals surface area (Å²) in [4.78, 5) is 2.28. The van der Waals surface area contributed by atoms with Gasteiger partial charge in [0.2, 0.25) is 0 Å². The molecule has 2 aromatic carbocycles. The van der Waals surface area contributed by atoms with Gasteiger partial charge in [-0.2, -0.15) is 0 Å². The van der Waals surface area contributed by atoms with Gasteiger partial charge >= 0.3 is 0 Å². The summed E-state index contributed by atoms with van der Waals surface area (Å²) in [6, 6.07) is 8.76. The van der Waals surface area contributed by atoms with Gasteiger partial charge in [0.1, 0.15) is 30.3 Å². The Morgan fingerprint density at radius 1 is 0.659 bits per heavy atom. The molecule has 44 heavy (non-hydrogen) atoms. The molecule has 1 saturated heterocycles. The van der Waals surface area contributed by atoms with Gasteiger partial charge in [0.25, 0.3) is 0 Å². The van der Waals surface area contributed by atoms with E-state index in [-0.39, 0.29) is 39.1 Å². The van der Waals surface area contributed by atoms with E-state index in [9.17, 15) is 15.3 Å². The van der Waals surface area contributed by atoms with Crippen LogP contribution in [0.1, 0.15) is 119 Å². The van der Waals surface area contributed by atoms with Crippen molar-refractivity contribution < 1.29 is 29.5 Å². The van der Waals surface area contributed by atoms with Crippen molar-refractivity contribution in [2.45, 2.75) is 151 Å². The first-order valence-electron chi connectivity index (χ1n) is 15.5. The second-order valence-corrected chi connectivity index (χ2v) is 20.2. The maximum atomic E-state index is 11.2. The van der Waals surface area contributed by atoms with Crippen LogP contribution in [0.2, 0.25) is 0 Å². The van der Waals surface area contributed by atoms with E-state index in [1.807, 2.05) is 23.5 Å². The van der Waals surface area contributed by atoms with E-state index in [1.165, 1.54) is 0 Å². The number of benzene rings is 2. The zero-order valence-corrected chi connectivity index (χ0v) is 31.0. The fourth-order valence-corrected chi connectivity index (χ4v) is 7.81. The normalized spacial score (nSPS) is 20.6. The van der Waals surface area contributed by atoms with Crippen LogP contribution < -0.4 is 4.74 Å². The Labute approximate surface area is 274 Å². The van der Waals surface area contributed by atoms with Gasteiger partial charge in [-0.25, -0.2) is 0 Å². The van der Waals surface area contributed by atoms with Crippen LogP contribution in [0.25, 0.3) is 0 Å². The Bertz CT molecular complexity index is 1240. The summed E-state index contributed by atoms with van der Waals surface area (Å²) in [5, 5.41) is 31.6. The van der Waals surface area contributed by atoms with Crippen LogP contribution in [0, 0.1) is 0 Å². The molecule has 3 rings (SSSR count). The Balaban J connectivity index is 2.03. The zero-order chi connectivity index (χ0) is 33.6. The molecule has 248 valence electrons. The molecular weight excluding hydrogens is 593 g/mol. The van der Waals surface area contributed by atoms with Gasteiger partial charge in [0, 0.05) is 32.0 Å². The van der Waals surface area contributed by atoms with Gasteiger partial charge in [-0.15, -0.1) is 23.5 Å². The third kappa shape index (κ3) is 9.10. The Morgan fingerprint density at radius 2 is 1.05 bits per heavy atom. The SMILES string of the molecule is CC(C)(Sc1cc(C(C)(C)C)c(O)c(C(C)(C)C)c1)Sc1cc(C(C)(C)C)c(OCC2OCO[C@H](O)[C@@H]2O)c(C(C)(C)C)c1. The Hall–Kier alpha value is -1.42. The molecular formula is C36H56O6S2. The average Bonchev–Trinajstić information content (AvgIpc) is 2.83. The van der Waals surface area contributed by atoms with Crippen LogP contribution in [-0.2, 0) is 31.1 Å². The first-order valence-corrected chi connectivity index (χ1v) is 17.1. The van der Waals surface area contributed by atoms with Gasteiger partial charge in [-0.3, -0.25) is 0 Å². The minimum absolute atomic E-state index is 0.0919. The molecule has 2 aromatic rings. The van der Waals surface area contributed by atoms with Crippen molar-refractivity contribution >= 4 is 23.5 Å². The van der Waals surface area contributed by atoms with E-state index in [1.54, 1.807) is 0 Å². The molecule has 0 aliphatic carbocycles. The molecule has 0 bridgehead atoms. The van der Waals surface area contributed by atoms with Crippen molar-refractivity contribution in [1.29, 1.82) is 0 Å². The van der Waals surface area contributed by atoms with E-state index in [2.05, 4.69) is 121 Å². The quantitative estimate of drug-likeness (QED) is 0.203. The molecule has 0 saturated carbocycles. The third-order valence-electron chi connectivity index (χ3n) is 7.69. The van der Waals surface area contributed by atoms with Gasteiger partial charge < -0.3 is 29.5 Å². The number of hydrogen-bond acceptors (Lipinski definition) is 8. The number of rotatable bonds is 7. The number of aliphatic hydroxyl groups is 2. The van der Waals surface area contributed by atoms with E-state index in [0.717, 1.165) is 37.8 Å². The van der Waals surface area contributed by atoms with Gasteiger partial charge in [0.15, 0.2) is 13.1 Å². The number of ether oxygens (including phenoxy) is 3. The number of phenolic OH excluding ortho intramolecular Hbond substituents is 1. The predicted octanol–water partition coefficient (Wildman–Crippen LogP) is 8.63. The molecule has 0 radical (unpaired) electrons. The molecule has 8 heteroatoms. The van der Waals surface area contributed by atoms with Crippen molar-refractivity contribution in [3.05, 3.63) is 46.5 Å². The summed E-state index contributed by atoms with van der Waals surface area (Å²) in [7, 11) is 0. The lowest BCUT2D eigenvalue weighted by atomic mass is 9.79. The number of hydrogen-bond donors (Lipinski definition) is 3. The highest BCUT2D eigenvalue weighted by atomic mass is 32.2. The highest BCUT2D eigenvalue weighted by Gasteiger charge is 2.36. The van der Waals surface area contributed by atoms with Crippen molar-refractivity contribution in [2.24, 2.45) is 0 Å². The van der Waals surface area contributed by atoms with Crippen LogP contribution in [-0.4, -0.2) is 51.3 Å². The highest BCUT2D eigenvalue weighted by molar-refractivity contribution is 8.18. The summed E-state index contributed by atoms with van der Waals surface area (Å²) >= 11 is 3.63. The van der Waals surface area contributed by atoms with Gasteiger partial charge in [-0.1, -0.05) is 83.1 Å². The van der Waals surface area contributed by atoms with Crippen LogP contribution in [0.5, 0.6) is 11.5 Å². The molecule has 0 aromatic heterocycles. The van der Waals surface area contributed by atoms with E-state index >= 15 is 0 Å². The van der Waals surface area contributed by atoms with Crippen LogP contribution in [0.4, 0.5) is 0 Å². The summed E-state index contributed by atoms with van der Waals surface area (Å²) < 4.78 is 16.8. The summed E-state index contributed by atoms with van der Waals surface area (Å²) in [6.45, 7) is 30.4. The van der Waals surface area contributed by atoms with Crippen molar-refractivity contribution in [1.82, 2.24) is 0 Å². The van der Waals surface area contributed by atoms with E-state index in [0.29, 0.717) is 5.75 Å². The number of aliphatic hydroxyl groups excluding tert-OH is 2. The number of thioether (sulfide) groups is 2. The second-order valence-electron chi connectivity index (χ2n) is 16.5. The first-order chi connectivity index (χ1) is 19.8. The maximum Gasteiger partial charge on any atom is 0.186 e. The van der Waals surface area contributed by atoms with Crippen molar-refractivity contribution in [2.75, 3.05) is 13.4 Å². The van der Waals surface area contributed by atoms with Crippen LogP contribution in [0.3, 0.4) is 0 Å². The lowest BCUT2D eigenvalue weighted by Gasteiger charge is -2.35. The molecule has 1 aliphatic rings. The van der Waals surface area contributed by atoms with Gasteiger partial charge in [0.05, 0.1) is 4.08 Å². The van der Waals surface area contributed by atoms with E-state index in [4.69, 9.17) is 14.2 Å². The number of phenols is 1. The summed E-state index contributed by atoms with van der Waals surface area (Å²) in [5.74, 6) is 1.19. The molecule has 1 fully saturated rings. The molecule has 1 unspecified atom stereocenters. The lowest BCUT2D eigenvalue weighted by molar-refractivity contribution is -0.293. The standard InChI is InChI=1S/C36H56O6S2/c1-32(2,3)23-15-21(16-24(28(23)37)33(4,5)6)43-36(13,14)44-22-17-25(34(7,8)9)30(26(18-22)35(10,11)12)40-19-27-29(38)31(39)42-20-41-27/h15-18,27,29,31,37-39H,19-20H2,1-14H3/t27?,29-,31+/m1/s1. The van der Waals surface area contributed by atoms with Crippen molar-refractivity contribution in [3.8, 4) is 11.5 Å². The second kappa shape index (κ2) is 13.0. The third-order valence-corrected chi connectivity index (χ3v) is 10.1. The van der Waals surface area contributed by atoms with Gasteiger partial charge in [-0.05, 0) is 59.8 Å². The fourth-order valence-electron chi connectivity index (χ4n) is 5.22. The summed E-state index contributed by atoms with van der Waals surface area (Å²) in [5.41, 5.74) is 3.24. The lowest BCUT2D eigenvalue weighted by Crippen LogP contribution is -2.48. The van der Waals surface area contributed by atoms with Crippen molar-refractivity contribution in [3.63, 3.8) is 0 Å². The first kappa shape index (κ1) is 37.0.